The van der Waals surface area contributed by atoms with Crippen LogP contribution in [-0.2, 0) is 4.79 Å². The van der Waals surface area contributed by atoms with Gasteiger partial charge in [0, 0.05) is 11.8 Å². The van der Waals surface area contributed by atoms with Crippen molar-refractivity contribution in [3.8, 4) is 5.88 Å². The second-order valence-electron chi connectivity index (χ2n) is 4.06. The molecule has 0 radical (unpaired) electrons. The molecule has 4 nitrogen and oxygen atoms in total. The fourth-order valence-corrected chi connectivity index (χ4v) is 1.07. The zero-order chi connectivity index (χ0) is 11.3. The van der Waals surface area contributed by atoms with Gasteiger partial charge in [-0.2, -0.15) is 0 Å². The summed E-state index contributed by atoms with van der Waals surface area (Å²) >= 11 is 0. The minimum atomic E-state index is -0.383. The van der Waals surface area contributed by atoms with Gasteiger partial charge in [0.05, 0.1) is 5.54 Å². The van der Waals surface area contributed by atoms with Gasteiger partial charge < -0.3 is 10.1 Å². The Kier molecular flexibility index (Phi) is 3.66. The molecule has 0 atom stereocenters. The lowest BCUT2D eigenvalue weighted by Crippen LogP contribution is -2.43. The van der Waals surface area contributed by atoms with Gasteiger partial charge in [0.1, 0.15) is 6.61 Å². The van der Waals surface area contributed by atoms with E-state index in [0.29, 0.717) is 18.9 Å². The van der Waals surface area contributed by atoms with Gasteiger partial charge in [0.25, 0.3) is 0 Å². The molecule has 1 heterocycles. The summed E-state index contributed by atoms with van der Waals surface area (Å²) in [7, 11) is 0. The van der Waals surface area contributed by atoms with E-state index in [4.69, 9.17) is 4.74 Å². The van der Waals surface area contributed by atoms with Gasteiger partial charge >= 0.3 is 0 Å². The summed E-state index contributed by atoms with van der Waals surface area (Å²) in [6.07, 6.45) is 2.36. The van der Waals surface area contributed by atoms with Crippen LogP contribution in [0.25, 0.3) is 0 Å². The van der Waals surface area contributed by atoms with Crippen LogP contribution in [0, 0.1) is 6.92 Å². The summed E-state index contributed by atoms with van der Waals surface area (Å²) in [6, 6.07) is 3.79. The minimum absolute atomic E-state index is 0.383. The van der Waals surface area contributed by atoms with Crippen LogP contribution in [-0.4, -0.2) is 23.5 Å². The molecule has 0 fully saturated rings. The number of hydrogen-bond acceptors (Lipinski definition) is 3. The van der Waals surface area contributed by atoms with Crippen LogP contribution in [0.3, 0.4) is 0 Å². The highest BCUT2D eigenvalue weighted by molar-refractivity contribution is 5.47. The lowest BCUT2D eigenvalue weighted by Gasteiger charge is -2.23. The highest BCUT2D eigenvalue weighted by Crippen LogP contribution is 2.14. The average molecular weight is 208 g/mol. The lowest BCUT2D eigenvalue weighted by molar-refractivity contribution is -0.111. The molecule has 0 aliphatic carbocycles. The van der Waals surface area contributed by atoms with Crippen LogP contribution in [0.1, 0.15) is 19.4 Å². The first-order chi connectivity index (χ1) is 7.05. The molecular weight excluding hydrogens is 192 g/mol. The van der Waals surface area contributed by atoms with E-state index in [9.17, 15) is 4.79 Å². The zero-order valence-electron chi connectivity index (χ0n) is 9.28. The molecule has 15 heavy (non-hydrogen) atoms. The first-order valence-electron chi connectivity index (χ1n) is 4.81. The fourth-order valence-electron chi connectivity index (χ4n) is 1.07. The summed E-state index contributed by atoms with van der Waals surface area (Å²) in [5.41, 5.74) is 0.602. The highest BCUT2D eigenvalue weighted by atomic mass is 16.5. The summed E-state index contributed by atoms with van der Waals surface area (Å²) in [6.45, 7) is 6.10. The average Bonchev–Trinajstić information content (AvgIpc) is 2.16. The van der Waals surface area contributed by atoms with E-state index in [1.807, 2.05) is 32.9 Å². The maximum Gasteiger partial charge on any atom is 0.216 e. The Morgan fingerprint density at radius 1 is 1.60 bits per heavy atom. The Labute approximate surface area is 89.7 Å². The van der Waals surface area contributed by atoms with Gasteiger partial charge in [-0.3, -0.25) is 4.79 Å². The van der Waals surface area contributed by atoms with Crippen LogP contribution in [0.4, 0.5) is 0 Å². The van der Waals surface area contributed by atoms with E-state index < -0.39 is 0 Å². The van der Waals surface area contributed by atoms with Crippen molar-refractivity contribution in [3.63, 3.8) is 0 Å². The van der Waals surface area contributed by atoms with E-state index >= 15 is 0 Å². The molecule has 0 aliphatic rings. The van der Waals surface area contributed by atoms with E-state index in [2.05, 4.69) is 10.3 Å². The largest absolute Gasteiger partial charge is 0.475 e. The summed E-state index contributed by atoms with van der Waals surface area (Å²) in [5.74, 6) is 0.610. The zero-order valence-corrected chi connectivity index (χ0v) is 9.28. The molecule has 1 amide bonds. The van der Waals surface area contributed by atoms with Crippen molar-refractivity contribution in [3.05, 3.63) is 23.9 Å². The van der Waals surface area contributed by atoms with E-state index in [-0.39, 0.29) is 5.54 Å². The Hall–Kier alpha value is -1.58. The van der Waals surface area contributed by atoms with Gasteiger partial charge in [-0.05, 0) is 26.8 Å². The number of aromatic nitrogens is 1. The standard InChI is InChI=1S/C11H16N2O2/c1-9-5-4-6-12-10(9)15-7-11(2,3)13-8-14/h4-6,8H,7H2,1-3H3,(H,13,14). The molecule has 1 aromatic heterocycles. The molecule has 0 aromatic carbocycles. The van der Waals surface area contributed by atoms with E-state index in [1.165, 1.54) is 0 Å². The third-order valence-corrected chi connectivity index (χ3v) is 1.98. The first kappa shape index (κ1) is 11.5. The second kappa shape index (κ2) is 4.77. The number of hydrogen-bond donors (Lipinski definition) is 1. The number of amides is 1. The molecule has 0 aliphatic heterocycles. The van der Waals surface area contributed by atoms with E-state index in [0.717, 1.165) is 5.56 Å². The number of nitrogens with one attached hydrogen (secondary N) is 1. The molecular formula is C11H16N2O2. The highest BCUT2D eigenvalue weighted by Gasteiger charge is 2.17. The summed E-state index contributed by atoms with van der Waals surface area (Å²) in [4.78, 5) is 14.4. The number of aryl methyl sites for hydroxylation is 1. The SMILES string of the molecule is Cc1cccnc1OCC(C)(C)NC=O. The van der Waals surface area contributed by atoms with Crippen molar-refractivity contribution in [1.29, 1.82) is 0 Å². The van der Waals surface area contributed by atoms with Gasteiger partial charge in [0.2, 0.25) is 12.3 Å². The quantitative estimate of drug-likeness (QED) is 0.742. The van der Waals surface area contributed by atoms with Crippen molar-refractivity contribution in [1.82, 2.24) is 10.3 Å². The smallest absolute Gasteiger partial charge is 0.216 e. The maximum absolute atomic E-state index is 10.3. The molecule has 0 unspecified atom stereocenters. The van der Waals surface area contributed by atoms with Gasteiger partial charge in [-0.1, -0.05) is 6.07 Å². The molecule has 0 saturated heterocycles. The number of carbonyl (C=O) groups excluding carboxylic acids is 1. The maximum atomic E-state index is 10.3. The van der Waals surface area contributed by atoms with Crippen LogP contribution in [0.15, 0.2) is 18.3 Å². The number of rotatable bonds is 5. The number of carbonyl (C=O) groups is 1. The topological polar surface area (TPSA) is 51.2 Å². The van der Waals surface area contributed by atoms with Crippen molar-refractivity contribution < 1.29 is 9.53 Å². The molecule has 1 rings (SSSR count). The van der Waals surface area contributed by atoms with Crippen molar-refractivity contribution in [2.75, 3.05) is 6.61 Å². The number of ether oxygens (including phenoxy) is 1. The predicted octanol–water partition coefficient (Wildman–Crippen LogP) is 1.29. The molecule has 1 aromatic rings. The first-order valence-corrected chi connectivity index (χ1v) is 4.81. The normalized spacial score (nSPS) is 10.9. The molecule has 0 bridgehead atoms. The van der Waals surface area contributed by atoms with Crippen LogP contribution >= 0.6 is 0 Å². The van der Waals surface area contributed by atoms with Crippen molar-refractivity contribution in [2.24, 2.45) is 0 Å². The third kappa shape index (κ3) is 3.58. The summed E-state index contributed by atoms with van der Waals surface area (Å²) < 4.78 is 5.52. The van der Waals surface area contributed by atoms with E-state index in [1.54, 1.807) is 6.20 Å². The van der Waals surface area contributed by atoms with Gasteiger partial charge in [-0.15, -0.1) is 0 Å². The van der Waals surface area contributed by atoms with Crippen molar-refractivity contribution >= 4 is 6.41 Å². The molecule has 82 valence electrons. The molecule has 0 spiro atoms. The van der Waals surface area contributed by atoms with Crippen molar-refractivity contribution in [2.45, 2.75) is 26.3 Å². The Morgan fingerprint density at radius 3 is 2.93 bits per heavy atom. The summed E-state index contributed by atoms with van der Waals surface area (Å²) in [5, 5.41) is 2.68. The molecule has 4 heteroatoms. The fraction of sp³-hybridized carbons (Fsp3) is 0.455. The number of pyridine rings is 1. The Morgan fingerprint density at radius 2 is 2.33 bits per heavy atom. The Bertz CT molecular complexity index is 337. The van der Waals surface area contributed by atoms with Gasteiger partial charge in [-0.25, -0.2) is 4.98 Å². The van der Waals surface area contributed by atoms with Gasteiger partial charge in [0.15, 0.2) is 0 Å². The molecule has 1 N–H and O–H groups in total. The third-order valence-electron chi connectivity index (χ3n) is 1.98. The Balaban J connectivity index is 2.57. The molecule has 0 saturated carbocycles. The van der Waals surface area contributed by atoms with Crippen LogP contribution in [0.5, 0.6) is 5.88 Å². The number of nitrogens with zero attached hydrogens (tertiary/aromatic N) is 1. The second-order valence-corrected chi connectivity index (χ2v) is 4.06. The minimum Gasteiger partial charge on any atom is -0.475 e. The lowest BCUT2D eigenvalue weighted by atomic mass is 10.1. The van der Waals surface area contributed by atoms with Crippen LogP contribution in [0.2, 0.25) is 0 Å². The monoisotopic (exact) mass is 208 g/mol. The predicted molar refractivity (Wildman–Crippen MR) is 57.7 cm³/mol. The van der Waals surface area contributed by atoms with Crippen LogP contribution < -0.4 is 10.1 Å².